The maximum atomic E-state index is 5.49. The molecule has 1 spiro atoms. The van der Waals surface area contributed by atoms with E-state index in [1.54, 1.807) is 0 Å². The fraction of sp³-hybridized carbons (Fsp3) is 0.304. The first-order valence-corrected chi connectivity index (χ1v) is 18.7. The van der Waals surface area contributed by atoms with Crippen molar-refractivity contribution in [2.75, 3.05) is 0 Å². The van der Waals surface area contributed by atoms with Crippen molar-refractivity contribution in [2.24, 2.45) is 23.7 Å². The van der Waals surface area contributed by atoms with Gasteiger partial charge < -0.3 is 0 Å². The Morgan fingerprint density at radius 2 is 1.24 bits per heavy atom. The molecule has 0 saturated heterocycles. The molecular weight excluding hydrogens is 609 g/mol. The van der Waals surface area contributed by atoms with Crippen LogP contribution in [0.25, 0.3) is 56.4 Å². The SMILES string of the molecule is CC1(C)c2ccccc2-c2ccc(-c3nc(-c4ccccc4)nc(-c4cnc5c(c4)-c4ccccc4C54C5CC6CCCC4C(C6)C5)n3)cc21. The molecule has 4 heteroatoms. The van der Waals surface area contributed by atoms with E-state index in [4.69, 9.17) is 19.9 Å². The van der Waals surface area contributed by atoms with Crippen LogP contribution in [0, 0.1) is 23.7 Å². The number of aromatic nitrogens is 4. The van der Waals surface area contributed by atoms with Crippen LogP contribution in [0.2, 0.25) is 0 Å². The fourth-order valence-electron chi connectivity index (χ4n) is 11.5. The van der Waals surface area contributed by atoms with Gasteiger partial charge in [-0.05, 0) is 94.9 Å². The predicted octanol–water partition coefficient (Wildman–Crippen LogP) is 10.7. The molecule has 3 fully saturated rings. The Kier molecular flexibility index (Phi) is 5.93. The molecule has 2 heterocycles. The summed E-state index contributed by atoms with van der Waals surface area (Å²) >= 11 is 0. The molecule has 11 rings (SSSR count). The number of nitrogens with zero attached hydrogens (tertiary/aromatic N) is 4. The van der Waals surface area contributed by atoms with Gasteiger partial charge in [-0.25, -0.2) is 15.0 Å². The van der Waals surface area contributed by atoms with Crippen LogP contribution in [-0.2, 0) is 10.8 Å². The minimum absolute atomic E-state index is 0.0402. The van der Waals surface area contributed by atoms with E-state index in [0.29, 0.717) is 29.3 Å². The van der Waals surface area contributed by atoms with Gasteiger partial charge in [0.2, 0.25) is 0 Å². The molecule has 0 amide bonds. The van der Waals surface area contributed by atoms with E-state index in [2.05, 4.69) is 117 Å². The van der Waals surface area contributed by atoms with Crippen LogP contribution < -0.4 is 0 Å². The monoisotopic (exact) mass is 648 g/mol. The van der Waals surface area contributed by atoms with Crippen molar-refractivity contribution < 1.29 is 0 Å². The summed E-state index contributed by atoms with van der Waals surface area (Å²) in [5.41, 5.74) is 13.7. The lowest BCUT2D eigenvalue weighted by atomic mass is 9.63. The molecule has 4 aromatic carbocycles. The number of hydrogen-bond donors (Lipinski definition) is 0. The van der Waals surface area contributed by atoms with Crippen molar-refractivity contribution in [3.05, 3.63) is 132 Å². The van der Waals surface area contributed by atoms with Gasteiger partial charge in [0, 0.05) is 39.3 Å². The highest BCUT2D eigenvalue weighted by Crippen LogP contribution is 2.69. The second-order valence-corrected chi connectivity index (χ2v) is 16.2. The zero-order valence-corrected chi connectivity index (χ0v) is 28.7. The second kappa shape index (κ2) is 10.3. The Bertz CT molecular complexity index is 2360. The summed E-state index contributed by atoms with van der Waals surface area (Å²) in [7, 11) is 0. The molecule has 2 aromatic heterocycles. The van der Waals surface area contributed by atoms with Crippen molar-refractivity contribution in [1.82, 2.24) is 19.9 Å². The van der Waals surface area contributed by atoms with Gasteiger partial charge in [0.15, 0.2) is 17.5 Å². The van der Waals surface area contributed by atoms with Crippen LogP contribution in [0.3, 0.4) is 0 Å². The standard InChI is InChI=1S/C46H40N4/c1-45(2)38-16-8-6-14-33(38)35-20-19-29(25-40(35)45)43-48-42(28-12-4-3-5-13-28)49-44(50-43)31-24-36-34-15-7-9-17-39(34)46(41(36)47-26-31)32-22-27-11-10-18-37(46)30(21-27)23-32/h3-9,12-17,19-20,24-27,30,32,37H,10-11,18,21-23H2,1-2H3. The lowest BCUT2D eigenvalue weighted by molar-refractivity contribution is 0.221. The van der Waals surface area contributed by atoms with E-state index in [-0.39, 0.29) is 10.8 Å². The molecule has 50 heavy (non-hydrogen) atoms. The summed E-state index contributed by atoms with van der Waals surface area (Å²) in [6.45, 7) is 4.64. The van der Waals surface area contributed by atoms with Gasteiger partial charge in [-0.3, -0.25) is 4.98 Å². The van der Waals surface area contributed by atoms with Crippen LogP contribution in [0.5, 0.6) is 0 Å². The fourth-order valence-corrected chi connectivity index (χ4v) is 11.5. The predicted molar refractivity (Wildman–Crippen MR) is 199 cm³/mol. The first-order valence-electron chi connectivity index (χ1n) is 18.7. The minimum atomic E-state index is -0.107. The van der Waals surface area contributed by atoms with Gasteiger partial charge in [0.1, 0.15) is 0 Å². The molecule has 5 unspecified atom stereocenters. The molecule has 5 aliphatic rings. The summed E-state index contributed by atoms with van der Waals surface area (Å²) in [4.78, 5) is 21.0. The Balaban J connectivity index is 1.08. The van der Waals surface area contributed by atoms with Crippen LogP contribution in [-0.4, -0.2) is 19.9 Å². The van der Waals surface area contributed by atoms with Crippen molar-refractivity contribution >= 4 is 0 Å². The summed E-state index contributed by atoms with van der Waals surface area (Å²) in [6, 6.07) is 37.4. The highest BCUT2D eigenvalue weighted by Gasteiger charge is 2.63. The average molecular weight is 649 g/mol. The maximum absolute atomic E-state index is 5.49. The molecular formula is C46H40N4. The Hall–Kier alpha value is -4.96. The molecule has 6 aromatic rings. The molecule has 3 bridgehead atoms. The van der Waals surface area contributed by atoms with Crippen molar-refractivity contribution in [1.29, 1.82) is 0 Å². The smallest absolute Gasteiger partial charge is 0.165 e. The highest BCUT2D eigenvalue weighted by atomic mass is 15.0. The van der Waals surface area contributed by atoms with Crippen LogP contribution in [0.1, 0.15) is 74.8 Å². The molecule has 0 N–H and O–H groups in total. The Labute approximate surface area is 294 Å². The second-order valence-electron chi connectivity index (χ2n) is 16.2. The number of fused-ring (bicyclic) bond motifs is 12. The van der Waals surface area contributed by atoms with Gasteiger partial charge in [0.05, 0.1) is 5.69 Å². The third-order valence-electron chi connectivity index (χ3n) is 13.5. The molecule has 5 aliphatic carbocycles. The molecule has 4 nitrogen and oxygen atoms in total. The highest BCUT2D eigenvalue weighted by molar-refractivity contribution is 5.85. The van der Waals surface area contributed by atoms with Crippen LogP contribution >= 0.6 is 0 Å². The number of hydrogen-bond acceptors (Lipinski definition) is 4. The summed E-state index contributed by atoms with van der Waals surface area (Å²) in [5.74, 6) is 5.13. The van der Waals surface area contributed by atoms with E-state index >= 15 is 0 Å². The van der Waals surface area contributed by atoms with Crippen LogP contribution in [0.4, 0.5) is 0 Å². The van der Waals surface area contributed by atoms with E-state index in [0.717, 1.165) is 28.5 Å². The number of benzene rings is 4. The Morgan fingerprint density at radius 1 is 0.560 bits per heavy atom. The minimum Gasteiger partial charge on any atom is -0.259 e. The molecule has 0 aliphatic heterocycles. The van der Waals surface area contributed by atoms with Crippen molar-refractivity contribution in [3.63, 3.8) is 0 Å². The van der Waals surface area contributed by atoms with Crippen molar-refractivity contribution in [3.8, 4) is 56.4 Å². The first-order chi connectivity index (χ1) is 24.5. The zero-order valence-electron chi connectivity index (χ0n) is 28.7. The van der Waals surface area contributed by atoms with Gasteiger partial charge in [0.25, 0.3) is 0 Å². The molecule has 3 saturated carbocycles. The zero-order chi connectivity index (χ0) is 33.2. The molecule has 0 radical (unpaired) electrons. The van der Waals surface area contributed by atoms with Crippen molar-refractivity contribution in [2.45, 2.75) is 63.2 Å². The number of rotatable bonds is 3. The summed E-state index contributed by atoms with van der Waals surface area (Å²) in [5, 5.41) is 0. The van der Waals surface area contributed by atoms with E-state index < -0.39 is 0 Å². The lowest BCUT2D eigenvalue weighted by Crippen LogP contribution is -2.38. The Morgan fingerprint density at radius 3 is 2.06 bits per heavy atom. The quantitative estimate of drug-likeness (QED) is 0.192. The van der Waals surface area contributed by atoms with Gasteiger partial charge in [-0.15, -0.1) is 0 Å². The third kappa shape index (κ3) is 3.82. The largest absolute Gasteiger partial charge is 0.259 e. The average Bonchev–Trinajstić information content (AvgIpc) is 3.62. The normalized spacial score (nSPS) is 26.0. The molecule has 5 atom stereocenters. The topological polar surface area (TPSA) is 51.6 Å². The first kappa shape index (κ1) is 28.8. The maximum Gasteiger partial charge on any atom is 0.165 e. The third-order valence-corrected chi connectivity index (χ3v) is 13.5. The van der Waals surface area contributed by atoms with E-state index in [1.807, 2.05) is 6.07 Å². The van der Waals surface area contributed by atoms with E-state index in [1.165, 1.54) is 83.2 Å². The lowest BCUT2D eigenvalue weighted by Gasteiger charge is -2.40. The van der Waals surface area contributed by atoms with Gasteiger partial charge >= 0.3 is 0 Å². The summed E-state index contributed by atoms with van der Waals surface area (Å²) < 4.78 is 0. The summed E-state index contributed by atoms with van der Waals surface area (Å²) in [6.07, 6.45) is 10.3. The van der Waals surface area contributed by atoms with Gasteiger partial charge in [-0.2, -0.15) is 0 Å². The number of pyridine rings is 1. The van der Waals surface area contributed by atoms with Crippen LogP contribution in [0.15, 0.2) is 109 Å². The van der Waals surface area contributed by atoms with E-state index in [9.17, 15) is 0 Å². The molecule has 244 valence electrons. The van der Waals surface area contributed by atoms with Gasteiger partial charge in [-0.1, -0.05) is 118 Å².